The Kier molecular flexibility index (Phi) is 36.7. The van der Waals surface area contributed by atoms with Crippen molar-refractivity contribution in [1.29, 1.82) is 0 Å². The van der Waals surface area contributed by atoms with Crippen LogP contribution in [0.5, 0.6) is 0 Å². The van der Waals surface area contributed by atoms with Gasteiger partial charge < -0.3 is 37.6 Å². The van der Waals surface area contributed by atoms with Crippen LogP contribution in [-0.4, -0.2) is 86.8 Å². The van der Waals surface area contributed by atoms with Crippen molar-refractivity contribution >= 4 is 29.6 Å². The van der Waals surface area contributed by atoms with Gasteiger partial charge in [0.1, 0.15) is 0 Å². The summed E-state index contributed by atoms with van der Waals surface area (Å²) in [7, 11) is 0. The monoisotopic (exact) mass is 751 g/mol. The van der Waals surface area contributed by atoms with Crippen molar-refractivity contribution in [3.8, 4) is 0 Å². The highest BCUT2D eigenvalue weighted by Gasteiger charge is 2.15. The van der Waals surface area contributed by atoms with Crippen molar-refractivity contribution in [3.63, 3.8) is 0 Å². The first-order valence-electron chi connectivity index (χ1n) is 21.6. The summed E-state index contributed by atoms with van der Waals surface area (Å²) in [6.45, 7) is 9.17. The summed E-state index contributed by atoms with van der Waals surface area (Å²) in [4.78, 5) is 56.1. The molecule has 0 fully saturated rings. The second kappa shape index (κ2) is 38.8. The van der Waals surface area contributed by atoms with E-state index in [2.05, 4.69) is 40.1 Å². The third-order valence-electron chi connectivity index (χ3n) is 9.45. The molecule has 0 unspecified atom stereocenters. The predicted octanol–water partition coefficient (Wildman–Crippen LogP) is 6.21. The molecule has 0 saturated carbocycles. The van der Waals surface area contributed by atoms with Crippen LogP contribution in [0.1, 0.15) is 181 Å². The number of rotatable bonds is 39. The minimum atomic E-state index is -0.140. The van der Waals surface area contributed by atoms with Gasteiger partial charge in [0.15, 0.2) is 5.96 Å². The average molecular weight is 751 g/mol. The molecule has 12 heteroatoms. The number of carbonyl (C=O) groups excluding carboxylic acids is 4. The van der Waals surface area contributed by atoms with Gasteiger partial charge in [0.2, 0.25) is 23.6 Å². The summed E-state index contributed by atoms with van der Waals surface area (Å²) in [6.07, 6.45) is 26.2. The second-order valence-corrected chi connectivity index (χ2v) is 14.6. The van der Waals surface area contributed by atoms with E-state index in [9.17, 15) is 19.2 Å². The number of guanidine groups is 1. The SMILES string of the molecule is CCCCCCCCCCCC(=O)NCCCN(CCCNC(=O)CCCCCCCCCCC)C(=O)CCC(=O)NCCCNCCCN=C(N)N. The van der Waals surface area contributed by atoms with E-state index in [0.29, 0.717) is 65.0 Å². The van der Waals surface area contributed by atoms with Gasteiger partial charge in [-0.2, -0.15) is 0 Å². The van der Waals surface area contributed by atoms with E-state index >= 15 is 0 Å². The normalized spacial score (nSPS) is 10.9. The number of aliphatic imine (C=N–C) groups is 1. The molecule has 0 aliphatic carbocycles. The van der Waals surface area contributed by atoms with Crippen LogP contribution in [0.2, 0.25) is 0 Å². The van der Waals surface area contributed by atoms with Crippen LogP contribution < -0.4 is 32.7 Å². The van der Waals surface area contributed by atoms with Crippen molar-refractivity contribution in [3.05, 3.63) is 0 Å². The van der Waals surface area contributed by atoms with Gasteiger partial charge in [-0.15, -0.1) is 0 Å². The third-order valence-corrected chi connectivity index (χ3v) is 9.45. The fourth-order valence-electron chi connectivity index (χ4n) is 6.17. The maximum Gasteiger partial charge on any atom is 0.223 e. The topological polar surface area (TPSA) is 184 Å². The number of hydrogen-bond acceptors (Lipinski definition) is 6. The molecule has 0 atom stereocenters. The molecule has 8 N–H and O–H groups in total. The average Bonchev–Trinajstić information content (AvgIpc) is 3.14. The first-order valence-corrected chi connectivity index (χ1v) is 21.6. The molecule has 0 aliphatic heterocycles. The molecule has 4 amide bonds. The molecule has 310 valence electrons. The van der Waals surface area contributed by atoms with E-state index in [0.717, 1.165) is 51.6 Å². The predicted molar refractivity (Wildman–Crippen MR) is 221 cm³/mol. The lowest BCUT2D eigenvalue weighted by Gasteiger charge is -2.23. The van der Waals surface area contributed by atoms with E-state index in [1.807, 2.05) is 0 Å². The molecular formula is C41H82N8O4. The molecule has 0 aromatic rings. The maximum absolute atomic E-state index is 13.2. The van der Waals surface area contributed by atoms with E-state index in [1.165, 1.54) is 89.9 Å². The smallest absolute Gasteiger partial charge is 0.223 e. The molecule has 12 nitrogen and oxygen atoms in total. The summed E-state index contributed by atoms with van der Waals surface area (Å²) in [5, 5.41) is 12.2. The first-order chi connectivity index (χ1) is 25.8. The van der Waals surface area contributed by atoms with Crippen LogP contribution >= 0.6 is 0 Å². The molecule has 0 rings (SSSR count). The lowest BCUT2D eigenvalue weighted by atomic mass is 10.1. The quantitative estimate of drug-likeness (QED) is 0.0245. The fourth-order valence-corrected chi connectivity index (χ4v) is 6.17. The number of carbonyl (C=O) groups is 4. The largest absolute Gasteiger partial charge is 0.370 e. The Morgan fingerprint density at radius 1 is 0.453 bits per heavy atom. The van der Waals surface area contributed by atoms with Crippen molar-refractivity contribution < 1.29 is 19.2 Å². The van der Waals surface area contributed by atoms with Crippen molar-refractivity contribution in [2.24, 2.45) is 16.5 Å². The third kappa shape index (κ3) is 37.2. The van der Waals surface area contributed by atoms with Gasteiger partial charge in [-0.05, 0) is 51.6 Å². The Hall–Kier alpha value is -2.89. The Morgan fingerprint density at radius 3 is 1.30 bits per heavy atom. The summed E-state index contributed by atoms with van der Waals surface area (Å²) >= 11 is 0. The van der Waals surface area contributed by atoms with Gasteiger partial charge in [0, 0.05) is 65.0 Å². The van der Waals surface area contributed by atoms with Crippen LogP contribution in [0.15, 0.2) is 4.99 Å². The Morgan fingerprint density at radius 2 is 0.849 bits per heavy atom. The molecule has 0 bridgehead atoms. The van der Waals surface area contributed by atoms with E-state index in [4.69, 9.17) is 11.5 Å². The lowest BCUT2D eigenvalue weighted by Crippen LogP contribution is -2.37. The molecule has 0 saturated heterocycles. The Bertz CT molecular complexity index is 888. The van der Waals surface area contributed by atoms with E-state index < -0.39 is 0 Å². The molecule has 0 aromatic heterocycles. The van der Waals surface area contributed by atoms with Gasteiger partial charge in [-0.1, -0.05) is 117 Å². The Balaban J connectivity index is 4.44. The second-order valence-electron chi connectivity index (χ2n) is 14.6. The zero-order valence-corrected chi connectivity index (χ0v) is 34.2. The van der Waals surface area contributed by atoms with Gasteiger partial charge in [-0.25, -0.2) is 0 Å². The van der Waals surface area contributed by atoms with Crippen LogP contribution in [0.4, 0.5) is 0 Å². The molecular weight excluding hydrogens is 669 g/mol. The number of nitrogens with zero attached hydrogens (tertiary/aromatic N) is 2. The number of nitrogens with two attached hydrogens (primary N) is 2. The molecule has 0 heterocycles. The highest BCUT2D eigenvalue weighted by molar-refractivity contribution is 5.83. The van der Waals surface area contributed by atoms with Gasteiger partial charge in [0.25, 0.3) is 0 Å². The van der Waals surface area contributed by atoms with Crippen LogP contribution in [0.25, 0.3) is 0 Å². The van der Waals surface area contributed by atoms with Crippen molar-refractivity contribution in [2.45, 2.75) is 181 Å². The molecule has 53 heavy (non-hydrogen) atoms. The summed E-state index contributed by atoms with van der Waals surface area (Å²) in [5.41, 5.74) is 10.6. The van der Waals surface area contributed by atoms with Gasteiger partial charge >= 0.3 is 0 Å². The van der Waals surface area contributed by atoms with Crippen LogP contribution in [-0.2, 0) is 19.2 Å². The highest BCUT2D eigenvalue weighted by Crippen LogP contribution is 2.12. The zero-order valence-electron chi connectivity index (χ0n) is 34.2. The summed E-state index contributed by atoms with van der Waals surface area (Å²) < 4.78 is 0. The number of nitrogens with one attached hydrogen (secondary N) is 4. The van der Waals surface area contributed by atoms with Crippen LogP contribution in [0, 0.1) is 0 Å². The van der Waals surface area contributed by atoms with E-state index in [-0.39, 0.29) is 42.4 Å². The maximum atomic E-state index is 13.2. The lowest BCUT2D eigenvalue weighted by molar-refractivity contribution is -0.133. The highest BCUT2D eigenvalue weighted by atomic mass is 16.2. The fraction of sp³-hybridized carbons (Fsp3) is 0.878. The van der Waals surface area contributed by atoms with Crippen molar-refractivity contribution in [1.82, 2.24) is 26.2 Å². The zero-order chi connectivity index (χ0) is 39.0. The molecule has 0 radical (unpaired) electrons. The minimum Gasteiger partial charge on any atom is -0.370 e. The summed E-state index contributed by atoms with van der Waals surface area (Å²) in [5.74, 6) is 0.0146. The minimum absolute atomic E-state index is 0.0679. The number of amides is 4. The Labute approximate surface area is 324 Å². The van der Waals surface area contributed by atoms with Crippen LogP contribution in [0.3, 0.4) is 0 Å². The van der Waals surface area contributed by atoms with Gasteiger partial charge in [-0.3, -0.25) is 24.2 Å². The van der Waals surface area contributed by atoms with Crippen molar-refractivity contribution in [2.75, 3.05) is 52.4 Å². The molecule has 0 aliphatic rings. The first kappa shape index (κ1) is 50.1. The summed E-state index contributed by atoms with van der Waals surface area (Å²) in [6, 6.07) is 0. The number of hydrogen-bond donors (Lipinski definition) is 6. The molecule has 0 aromatic carbocycles. The van der Waals surface area contributed by atoms with E-state index in [1.54, 1.807) is 4.90 Å². The van der Waals surface area contributed by atoms with Gasteiger partial charge in [0.05, 0.1) is 0 Å². The standard InChI is InChI=1S/C41H82N8O4/c1-3-5-7-9-11-13-15-17-19-25-37(50)46-33-23-35-49(36-24-34-47-38(51)26-20-18-16-14-12-10-8-6-4-2)40(53)28-27-39(52)45-31-21-29-44-30-22-32-48-41(42)43/h44H,3-36H2,1-2H3,(H,45,52)(H,46,50)(H,47,51)(H4,42,43,48). The number of unbranched alkanes of at least 4 members (excludes halogenated alkanes) is 16. The molecule has 0 spiro atoms.